The van der Waals surface area contributed by atoms with E-state index < -0.39 is 0 Å². The summed E-state index contributed by atoms with van der Waals surface area (Å²) < 4.78 is 5.35. The van der Waals surface area contributed by atoms with Crippen LogP contribution in [0.4, 0.5) is 0 Å². The second-order valence-electron chi connectivity index (χ2n) is 5.66. The summed E-state index contributed by atoms with van der Waals surface area (Å²) in [6.07, 6.45) is 4.50. The molecule has 124 valence electrons. The molecule has 3 rings (SSSR count). The second kappa shape index (κ2) is 7.64. The maximum absolute atomic E-state index is 12.2. The molecule has 0 unspecified atom stereocenters. The van der Waals surface area contributed by atoms with Gasteiger partial charge in [-0.05, 0) is 49.1 Å². The first kappa shape index (κ1) is 16.1. The molecule has 1 aromatic heterocycles. The lowest BCUT2D eigenvalue weighted by atomic mass is 10.1. The fourth-order valence-electron chi connectivity index (χ4n) is 2.73. The number of fused-ring (bicyclic) bond motifs is 1. The number of hydrogen-bond acceptors (Lipinski definition) is 3. The van der Waals surface area contributed by atoms with Gasteiger partial charge in [-0.1, -0.05) is 18.2 Å². The van der Waals surface area contributed by atoms with Crippen LogP contribution >= 0.6 is 0 Å². The lowest BCUT2D eigenvalue weighted by molar-refractivity contribution is 0.0953. The van der Waals surface area contributed by atoms with Gasteiger partial charge in [-0.3, -0.25) is 4.79 Å². The molecule has 5 nitrogen and oxygen atoms in total. The van der Waals surface area contributed by atoms with E-state index in [4.69, 9.17) is 4.74 Å². The van der Waals surface area contributed by atoms with Crippen molar-refractivity contribution in [2.75, 3.05) is 13.7 Å². The summed E-state index contributed by atoms with van der Waals surface area (Å²) in [7, 11) is 1.69. The number of rotatable bonds is 7. The van der Waals surface area contributed by atoms with Crippen LogP contribution in [0.5, 0.6) is 5.75 Å². The number of nitrogens with one attached hydrogen (secondary N) is 2. The van der Waals surface area contributed by atoms with E-state index in [-0.39, 0.29) is 5.91 Å². The smallest absolute Gasteiger partial charge is 0.251 e. The van der Waals surface area contributed by atoms with E-state index in [2.05, 4.69) is 21.4 Å². The topological polar surface area (TPSA) is 67.0 Å². The van der Waals surface area contributed by atoms with Gasteiger partial charge in [0, 0.05) is 12.1 Å². The number of methoxy groups -OCH3 is 1. The minimum atomic E-state index is -0.0520. The van der Waals surface area contributed by atoms with Gasteiger partial charge in [-0.25, -0.2) is 4.98 Å². The molecule has 0 aliphatic carbocycles. The molecular weight excluding hydrogens is 302 g/mol. The maximum atomic E-state index is 12.2. The number of amides is 1. The van der Waals surface area contributed by atoms with Crippen molar-refractivity contribution in [1.82, 2.24) is 15.3 Å². The summed E-state index contributed by atoms with van der Waals surface area (Å²) in [5.74, 6) is 0.873. The normalized spacial score (nSPS) is 10.7. The van der Waals surface area contributed by atoms with Crippen molar-refractivity contribution in [2.24, 2.45) is 0 Å². The number of hydrogen-bond donors (Lipinski definition) is 2. The van der Waals surface area contributed by atoms with E-state index in [0.717, 1.165) is 36.0 Å². The van der Waals surface area contributed by atoms with Crippen molar-refractivity contribution < 1.29 is 9.53 Å². The highest BCUT2D eigenvalue weighted by Crippen LogP contribution is 2.19. The zero-order valence-corrected chi connectivity index (χ0v) is 13.7. The number of imidazole rings is 1. The van der Waals surface area contributed by atoms with Gasteiger partial charge in [0.15, 0.2) is 0 Å². The van der Waals surface area contributed by atoms with Gasteiger partial charge >= 0.3 is 0 Å². The molecule has 0 aliphatic heterocycles. The number of nitrogens with zero attached hydrogens (tertiary/aromatic N) is 1. The third-order valence-electron chi connectivity index (χ3n) is 4.03. The molecule has 3 aromatic rings. The largest absolute Gasteiger partial charge is 0.496 e. The van der Waals surface area contributed by atoms with E-state index in [1.807, 2.05) is 30.3 Å². The molecule has 1 amide bonds. The van der Waals surface area contributed by atoms with Crippen molar-refractivity contribution >= 4 is 16.9 Å². The predicted molar refractivity (Wildman–Crippen MR) is 94.4 cm³/mol. The molecule has 0 fully saturated rings. The van der Waals surface area contributed by atoms with Crippen molar-refractivity contribution in [3.63, 3.8) is 0 Å². The standard InChI is InChI=1S/C19H21N3O2/c1-24-18-8-3-2-6-14(18)7-4-5-11-20-19(23)15-9-10-16-17(12-15)22-13-21-16/h2-3,6,8-10,12-13H,4-5,7,11H2,1H3,(H,20,23)(H,21,22). The zero-order valence-electron chi connectivity index (χ0n) is 13.7. The molecule has 0 bridgehead atoms. The van der Waals surface area contributed by atoms with Crippen LogP contribution in [-0.2, 0) is 6.42 Å². The number of para-hydroxylation sites is 1. The average molecular weight is 323 g/mol. The summed E-state index contributed by atoms with van der Waals surface area (Å²) in [6, 6.07) is 13.5. The average Bonchev–Trinajstić information content (AvgIpc) is 3.09. The zero-order chi connectivity index (χ0) is 16.8. The second-order valence-corrected chi connectivity index (χ2v) is 5.66. The van der Waals surface area contributed by atoms with Crippen LogP contribution in [0.25, 0.3) is 11.0 Å². The van der Waals surface area contributed by atoms with Crippen LogP contribution < -0.4 is 10.1 Å². The molecule has 24 heavy (non-hydrogen) atoms. The van der Waals surface area contributed by atoms with Gasteiger partial charge in [0.2, 0.25) is 0 Å². The van der Waals surface area contributed by atoms with Crippen molar-refractivity contribution in [3.8, 4) is 5.75 Å². The Hall–Kier alpha value is -2.82. The van der Waals surface area contributed by atoms with Gasteiger partial charge in [-0.2, -0.15) is 0 Å². The number of aromatic nitrogens is 2. The molecule has 2 aromatic carbocycles. The predicted octanol–water partition coefficient (Wildman–Crippen LogP) is 3.32. The van der Waals surface area contributed by atoms with Crippen LogP contribution in [0.3, 0.4) is 0 Å². The molecule has 5 heteroatoms. The Labute approximate surface area is 141 Å². The summed E-state index contributed by atoms with van der Waals surface area (Å²) in [5.41, 5.74) is 3.59. The van der Waals surface area contributed by atoms with Crippen LogP contribution in [0, 0.1) is 0 Å². The fraction of sp³-hybridized carbons (Fsp3) is 0.263. The molecular formula is C19H21N3O2. The van der Waals surface area contributed by atoms with E-state index >= 15 is 0 Å². The maximum Gasteiger partial charge on any atom is 0.251 e. The van der Waals surface area contributed by atoms with E-state index in [0.29, 0.717) is 12.1 Å². The van der Waals surface area contributed by atoms with Crippen LogP contribution in [0.15, 0.2) is 48.8 Å². The summed E-state index contributed by atoms with van der Waals surface area (Å²) in [6.45, 7) is 0.662. The summed E-state index contributed by atoms with van der Waals surface area (Å²) >= 11 is 0. The highest BCUT2D eigenvalue weighted by molar-refractivity contribution is 5.97. The van der Waals surface area contributed by atoms with Gasteiger partial charge in [0.25, 0.3) is 5.91 Å². The third kappa shape index (κ3) is 3.74. The molecule has 0 atom stereocenters. The van der Waals surface area contributed by atoms with Crippen molar-refractivity contribution in [3.05, 3.63) is 59.9 Å². The number of aromatic amines is 1. The number of carbonyl (C=O) groups is 1. The van der Waals surface area contributed by atoms with Crippen LogP contribution in [0.1, 0.15) is 28.8 Å². The Morgan fingerprint density at radius 1 is 1.21 bits per heavy atom. The Kier molecular flexibility index (Phi) is 5.11. The van der Waals surface area contributed by atoms with Crippen molar-refractivity contribution in [1.29, 1.82) is 0 Å². The number of ether oxygens (including phenoxy) is 1. The molecule has 0 saturated carbocycles. The molecule has 1 heterocycles. The quantitative estimate of drug-likeness (QED) is 0.655. The fourth-order valence-corrected chi connectivity index (χ4v) is 2.73. The summed E-state index contributed by atoms with van der Waals surface area (Å²) in [5, 5.41) is 2.97. The number of carbonyl (C=O) groups excluding carboxylic acids is 1. The highest BCUT2D eigenvalue weighted by Gasteiger charge is 2.07. The van der Waals surface area contributed by atoms with Gasteiger partial charge in [0.05, 0.1) is 24.5 Å². The first-order valence-electron chi connectivity index (χ1n) is 8.11. The lowest BCUT2D eigenvalue weighted by Gasteiger charge is -2.08. The molecule has 0 spiro atoms. The minimum absolute atomic E-state index is 0.0520. The van der Waals surface area contributed by atoms with Crippen LogP contribution in [0.2, 0.25) is 0 Å². The molecule has 2 N–H and O–H groups in total. The Morgan fingerprint density at radius 3 is 2.96 bits per heavy atom. The monoisotopic (exact) mass is 323 g/mol. The Balaban J connectivity index is 1.45. The number of aryl methyl sites for hydroxylation is 1. The Morgan fingerprint density at radius 2 is 2.08 bits per heavy atom. The number of H-pyrrole nitrogens is 1. The van der Waals surface area contributed by atoms with E-state index in [1.165, 1.54) is 5.56 Å². The highest BCUT2D eigenvalue weighted by atomic mass is 16.5. The Bertz CT molecular complexity index is 826. The third-order valence-corrected chi connectivity index (χ3v) is 4.03. The SMILES string of the molecule is COc1ccccc1CCCCNC(=O)c1ccc2nc[nH]c2c1. The number of unbranched alkanes of at least 4 members (excludes halogenated alkanes) is 1. The summed E-state index contributed by atoms with van der Waals surface area (Å²) in [4.78, 5) is 19.3. The molecule has 0 radical (unpaired) electrons. The first-order valence-corrected chi connectivity index (χ1v) is 8.11. The van der Waals surface area contributed by atoms with Crippen molar-refractivity contribution in [2.45, 2.75) is 19.3 Å². The lowest BCUT2D eigenvalue weighted by Crippen LogP contribution is -2.24. The van der Waals surface area contributed by atoms with E-state index in [1.54, 1.807) is 19.5 Å². The first-order chi connectivity index (χ1) is 11.8. The van der Waals surface area contributed by atoms with Gasteiger partial charge < -0.3 is 15.0 Å². The van der Waals surface area contributed by atoms with Gasteiger partial charge in [-0.15, -0.1) is 0 Å². The minimum Gasteiger partial charge on any atom is -0.496 e. The number of benzene rings is 2. The van der Waals surface area contributed by atoms with Crippen LogP contribution in [-0.4, -0.2) is 29.5 Å². The van der Waals surface area contributed by atoms with Gasteiger partial charge in [0.1, 0.15) is 5.75 Å². The molecule has 0 aliphatic rings. The molecule has 0 saturated heterocycles. The van der Waals surface area contributed by atoms with E-state index in [9.17, 15) is 4.79 Å².